The number of carbonyl (C=O) groups excluding carboxylic acids is 1. The average Bonchev–Trinajstić information content (AvgIpc) is 2.70. The van der Waals surface area contributed by atoms with Gasteiger partial charge in [-0.3, -0.25) is 0 Å². The number of nitrogens with zero attached hydrogens (tertiary/aromatic N) is 1. The number of hydrazone groups is 1. The molecule has 0 unspecified atom stereocenters. The van der Waals surface area contributed by atoms with Gasteiger partial charge < -0.3 is 20.6 Å². The number of nitrogens with one attached hydrogen (secondary N) is 1. The van der Waals surface area contributed by atoms with Gasteiger partial charge in [0.2, 0.25) is 0 Å². The summed E-state index contributed by atoms with van der Waals surface area (Å²) in [7, 11) is 1.35. The highest BCUT2D eigenvalue weighted by Crippen LogP contribution is 2.20. The molecule has 156 valence electrons. The van der Waals surface area contributed by atoms with Gasteiger partial charge in [-0.25, -0.2) is 4.79 Å². The molecule has 0 atom stereocenters. The van der Waals surface area contributed by atoms with Crippen molar-refractivity contribution in [3.8, 4) is 5.75 Å². The van der Waals surface area contributed by atoms with Crippen LogP contribution in [0.4, 0.5) is 0 Å². The maximum Gasteiger partial charge on any atom is 0.349 e. The van der Waals surface area contributed by atoms with Crippen molar-refractivity contribution in [3.05, 3.63) is 65.2 Å². The molecule has 0 aliphatic carbocycles. The highest BCUT2D eigenvalue weighted by atomic mass is 16.6. The largest absolute Gasteiger partial charge is 0.476 e. The second-order valence-electron chi connectivity index (χ2n) is 7.53. The van der Waals surface area contributed by atoms with Crippen LogP contribution >= 0.6 is 0 Å². The molecule has 0 aliphatic rings. The van der Waals surface area contributed by atoms with Crippen molar-refractivity contribution >= 4 is 11.8 Å². The number of benzene rings is 2. The third kappa shape index (κ3) is 7.49. The zero-order chi connectivity index (χ0) is 21.3. The molecule has 2 aromatic rings. The molecule has 3 N–H and O–H groups in total. The Labute approximate surface area is 173 Å². The van der Waals surface area contributed by atoms with Crippen LogP contribution in [0.1, 0.15) is 43.4 Å². The summed E-state index contributed by atoms with van der Waals surface area (Å²) in [6.07, 6.45) is 2.50. The summed E-state index contributed by atoms with van der Waals surface area (Å²) in [6, 6.07) is 16.0. The molecular weight excluding hydrogens is 366 g/mol. The summed E-state index contributed by atoms with van der Waals surface area (Å²) in [5.41, 5.74) is 11.6. The first kappa shape index (κ1) is 22.3. The van der Waals surface area contributed by atoms with E-state index in [4.69, 9.17) is 15.2 Å². The molecule has 0 aliphatic heterocycles. The predicted molar refractivity (Wildman–Crippen MR) is 116 cm³/mol. The Morgan fingerprint density at radius 1 is 1.07 bits per heavy atom. The fraction of sp³-hybridized carbons (Fsp3) is 0.391. The number of amidine groups is 1. The molecule has 0 saturated heterocycles. The fourth-order valence-electron chi connectivity index (χ4n) is 2.77. The first-order valence-corrected chi connectivity index (χ1v) is 9.77. The van der Waals surface area contributed by atoms with E-state index in [0.717, 1.165) is 12.8 Å². The second kappa shape index (κ2) is 10.5. The normalized spacial score (nSPS) is 11.8. The van der Waals surface area contributed by atoms with E-state index in [9.17, 15) is 4.79 Å². The van der Waals surface area contributed by atoms with Gasteiger partial charge in [0.25, 0.3) is 0 Å². The lowest BCUT2D eigenvalue weighted by molar-refractivity contribution is -0.156. The smallest absolute Gasteiger partial charge is 0.349 e. The van der Waals surface area contributed by atoms with Gasteiger partial charge in [0.15, 0.2) is 5.60 Å². The Morgan fingerprint density at radius 3 is 2.31 bits per heavy atom. The Bertz CT molecular complexity index is 812. The SMILES string of the molecule is COC(=O)C(C)(C)Oc1ccc(CCC/C(N)=N/NCc2ccc(C)cc2)cc1. The van der Waals surface area contributed by atoms with Crippen LogP contribution < -0.4 is 15.9 Å². The summed E-state index contributed by atoms with van der Waals surface area (Å²) in [5, 5.41) is 4.23. The topological polar surface area (TPSA) is 85.9 Å². The van der Waals surface area contributed by atoms with Gasteiger partial charge in [0.1, 0.15) is 11.6 Å². The van der Waals surface area contributed by atoms with E-state index in [-0.39, 0.29) is 0 Å². The molecule has 2 rings (SSSR count). The third-order valence-electron chi connectivity index (χ3n) is 4.50. The number of ether oxygens (including phenoxy) is 2. The number of esters is 1. The molecule has 0 spiro atoms. The summed E-state index contributed by atoms with van der Waals surface area (Å²) in [6.45, 7) is 6.09. The summed E-state index contributed by atoms with van der Waals surface area (Å²) < 4.78 is 10.5. The van der Waals surface area contributed by atoms with Crippen molar-refractivity contribution in [1.82, 2.24) is 5.43 Å². The summed E-state index contributed by atoms with van der Waals surface area (Å²) in [4.78, 5) is 11.7. The molecule has 0 heterocycles. The van der Waals surface area contributed by atoms with E-state index in [0.29, 0.717) is 24.6 Å². The lowest BCUT2D eigenvalue weighted by Crippen LogP contribution is -2.39. The minimum absolute atomic E-state index is 0.410. The van der Waals surface area contributed by atoms with Crippen molar-refractivity contribution in [1.29, 1.82) is 0 Å². The van der Waals surface area contributed by atoms with Crippen LogP contribution in [0.15, 0.2) is 53.6 Å². The lowest BCUT2D eigenvalue weighted by Gasteiger charge is -2.23. The Morgan fingerprint density at radius 2 is 1.69 bits per heavy atom. The number of carbonyl (C=O) groups is 1. The molecule has 2 aromatic carbocycles. The third-order valence-corrected chi connectivity index (χ3v) is 4.50. The zero-order valence-electron chi connectivity index (χ0n) is 17.7. The Balaban J connectivity index is 1.74. The second-order valence-corrected chi connectivity index (χ2v) is 7.53. The molecule has 29 heavy (non-hydrogen) atoms. The van der Waals surface area contributed by atoms with Crippen LogP contribution in [-0.2, 0) is 22.5 Å². The van der Waals surface area contributed by atoms with Crippen LogP contribution in [0.2, 0.25) is 0 Å². The van der Waals surface area contributed by atoms with Gasteiger partial charge in [0, 0.05) is 6.42 Å². The van der Waals surface area contributed by atoms with Crippen molar-refractivity contribution in [2.75, 3.05) is 7.11 Å². The van der Waals surface area contributed by atoms with Crippen molar-refractivity contribution in [3.63, 3.8) is 0 Å². The van der Waals surface area contributed by atoms with Gasteiger partial charge in [-0.05, 0) is 56.9 Å². The van der Waals surface area contributed by atoms with Gasteiger partial charge in [-0.15, -0.1) is 0 Å². The van der Waals surface area contributed by atoms with Gasteiger partial charge in [0.05, 0.1) is 13.7 Å². The summed E-state index contributed by atoms with van der Waals surface area (Å²) >= 11 is 0. The predicted octanol–water partition coefficient (Wildman–Crippen LogP) is 3.71. The first-order valence-electron chi connectivity index (χ1n) is 9.77. The standard InChI is InChI=1S/C23H31N3O3/c1-17-8-10-19(11-9-17)16-25-26-21(24)7-5-6-18-12-14-20(15-13-18)29-23(2,3)22(27)28-4/h8-15,25H,5-7,16H2,1-4H3,(H2,24,26). The van der Waals surface area contributed by atoms with Crippen molar-refractivity contribution in [2.45, 2.75) is 52.2 Å². The number of hydrogen-bond acceptors (Lipinski definition) is 5. The average molecular weight is 398 g/mol. The summed E-state index contributed by atoms with van der Waals surface area (Å²) in [5.74, 6) is 0.815. The number of nitrogens with two attached hydrogens (primary N) is 1. The number of methoxy groups -OCH3 is 1. The molecule has 0 amide bonds. The molecule has 6 nitrogen and oxygen atoms in total. The van der Waals surface area contributed by atoms with Gasteiger partial charge >= 0.3 is 5.97 Å². The lowest BCUT2D eigenvalue weighted by atomic mass is 10.1. The molecular formula is C23H31N3O3. The highest BCUT2D eigenvalue weighted by Gasteiger charge is 2.30. The zero-order valence-corrected chi connectivity index (χ0v) is 17.7. The highest BCUT2D eigenvalue weighted by molar-refractivity contribution is 5.80. The van der Waals surface area contributed by atoms with Gasteiger partial charge in [-0.1, -0.05) is 42.0 Å². The van der Waals surface area contributed by atoms with Crippen LogP contribution in [-0.4, -0.2) is 24.5 Å². The monoisotopic (exact) mass is 397 g/mol. The molecule has 0 radical (unpaired) electrons. The maximum absolute atomic E-state index is 11.7. The number of rotatable bonds is 10. The van der Waals surface area contributed by atoms with E-state index in [1.54, 1.807) is 13.8 Å². The van der Waals surface area contributed by atoms with Crippen molar-refractivity contribution < 1.29 is 14.3 Å². The molecule has 0 saturated carbocycles. The Kier molecular flexibility index (Phi) is 8.07. The molecule has 6 heteroatoms. The molecule has 0 aromatic heterocycles. The van der Waals surface area contributed by atoms with Crippen LogP contribution in [0.25, 0.3) is 0 Å². The van der Waals surface area contributed by atoms with Crippen LogP contribution in [0.3, 0.4) is 0 Å². The van der Waals surface area contributed by atoms with E-state index >= 15 is 0 Å². The van der Waals surface area contributed by atoms with E-state index in [2.05, 4.69) is 41.7 Å². The van der Waals surface area contributed by atoms with Gasteiger partial charge in [-0.2, -0.15) is 5.10 Å². The molecule has 0 bridgehead atoms. The van der Waals surface area contributed by atoms with E-state index in [1.807, 2.05) is 24.3 Å². The number of aryl methyl sites for hydroxylation is 2. The molecule has 0 fully saturated rings. The number of hydrogen-bond donors (Lipinski definition) is 2. The first-order chi connectivity index (χ1) is 13.8. The fourth-order valence-corrected chi connectivity index (χ4v) is 2.77. The van der Waals surface area contributed by atoms with E-state index < -0.39 is 11.6 Å². The Hall–Kier alpha value is -3.02. The van der Waals surface area contributed by atoms with E-state index in [1.165, 1.54) is 23.8 Å². The minimum Gasteiger partial charge on any atom is -0.476 e. The van der Waals surface area contributed by atoms with Crippen molar-refractivity contribution in [2.24, 2.45) is 10.8 Å². The quantitative estimate of drug-likeness (QED) is 0.276. The minimum atomic E-state index is -1.02. The van der Waals surface area contributed by atoms with Crippen LogP contribution in [0.5, 0.6) is 5.75 Å². The van der Waals surface area contributed by atoms with Crippen LogP contribution in [0, 0.1) is 6.92 Å². The maximum atomic E-state index is 11.7.